The van der Waals surface area contributed by atoms with E-state index in [2.05, 4.69) is 25.4 Å². The van der Waals surface area contributed by atoms with Crippen LogP contribution in [0.25, 0.3) is 5.69 Å². The van der Waals surface area contributed by atoms with Crippen molar-refractivity contribution in [1.29, 1.82) is 0 Å². The number of amides is 1. The fourth-order valence-electron chi connectivity index (χ4n) is 3.23. The summed E-state index contributed by atoms with van der Waals surface area (Å²) in [6.45, 7) is 5.34. The Hall–Kier alpha value is -2.62. The number of aryl methyl sites for hydroxylation is 1. The number of thioether (sulfide) groups is 1. The summed E-state index contributed by atoms with van der Waals surface area (Å²) in [5.74, 6) is 1.04. The topological polar surface area (TPSA) is 85.2 Å². The summed E-state index contributed by atoms with van der Waals surface area (Å²) in [5.41, 5.74) is 2.84. The van der Waals surface area contributed by atoms with Crippen LogP contribution in [-0.2, 0) is 16.1 Å². The van der Waals surface area contributed by atoms with Crippen LogP contribution in [0.15, 0.2) is 48.0 Å². The lowest BCUT2D eigenvalue weighted by Gasteiger charge is -2.29. The van der Waals surface area contributed by atoms with Crippen LogP contribution in [0.3, 0.4) is 0 Å². The van der Waals surface area contributed by atoms with E-state index in [0.29, 0.717) is 29.9 Å². The van der Waals surface area contributed by atoms with Gasteiger partial charge in [0, 0.05) is 36.4 Å². The Kier molecular flexibility index (Phi) is 7.06. The maximum atomic E-state index is 12.5. The van der Waals surface area contributed by atoms with Crippen LogP contribution in [-0.4, -0.2) is 57.7 Å². The fourth-order valence-corrected chi connectivity index (χ4v) is 4.17. The molecule has 1 amide bonds. The molecule has 0 spiro atoms. The van der Waals surface area contributed by atoms with Gasteiger partial charge in [0.2, 0.25) is 5.91 Å². The van der Waals surface area contributed by atoms with Crippen LogP contribution >= 0.6 is 23.4 Å². The monoisotopic (exact) mass is 458 g/mol. The number of morpholine rings is 1. The van der Waals surface area contributed by atoms with Crippen molar-refractivity contribution in [2.75, 3.05) is 37.0 Å². The number of rotatable bonds is 7. The first-order chi connectivity index (χ1) is 15.1. The molecule has 0 atom stereocenters. The van der Waals surface area contributed by atoms with Gasteiger partial charge in [0.25, 0.3) is 0 Å². The van der Waals surface area contributed by atoms with Crippen molar-refractivity contribution in [2.45, 2.75) is 18.6 Å². The van der Waals surface area contributed by atoms with Crippen molar-refractivity contribution in [3.05, 3.63) is 59.0 Å². The number of carbonyl (C=O) groups excluding carboxylic acids is 1. The van der Waals surface area contributed by atoms with Gasteiger partial charge in [-0.2, -0.15) is 0 Å². The first-order valence-corrected chi connectivity index (χ1v) is 11.3. The van der Waals surface area contributed by atoms with Gasteiger partial charge < -0.3 is 15.0 Å². The number of anilines is 1. The molecule has 0 bridgehead atoms. The zero-order chi connectivity index (χ0) is 21.6. The van der Waals surface area contributed by atoms with E-state index in [-0.39, 0.29) is 11.7 Å². The summed E-state index contributed by atoms with van der Waals surface area (Å²) < 4.78 is 7.24. The van der Waals surface area contributed by atoms with Crippen LogP contribution in [0.5, 0.6) is 0 Å². The number of nitrogens with zero attached hydrogens (tertiary/aromatic N) is 5. The molecule has 0 unspecified atom stereocenters. The van der Waals surface area contributed by atoms with Gasteiger partial charge in [-0.25, -0.2) is 4.98 Å². The molecule has 1 N–H and O–H groups in total. The summed E-state index contributed by atoms with van der Waals surface area (Å²) in [4.78, 5) is 19.2. The lowest BCUT2D eigenvalue weighted by Crippen LogP contribution is -2.38. The summed E-state index contributed by atoms with van der Waals surface area (Å²) >= 11 is 7.56. The normalized spacial score (nSPS) is 13.9. The molecule has 3 heterocycles. The quantitative estimate of drug-likeness (QED) is 0.545. The lowest BCUT2D eigenvalue weighted by atomic mass is 10.2. The van der Waals surface area contributed by atoms with Gasteiger partial charge in [-0.1, -0.05) is 35.5 Å². The number of nitrogens with one attached hydrogen (secondary N) is 1. The maximum Gasteiger partial charge on any atom is 0.230 e. The molecule has 2 aromatic heterocycles. The highest BCUT2D eigenvalue weighted by atomic mass is 35.5. The summed E-state index contributed by atoms with van der Waals surface area (Å²) in [6.07, 6.45) is 3.39. The molecule has 8 nitrogen and oxygen atoms in total. The minimum Gasteiger partial charge on any atom is -0.378 e. The van der Waals surface area contributed by atoms with E-state index in [1.807, 2.05) is 41.8 Å². The minimum absolute atomic E-state index is 0.0849. The lowest BCUT2D eigenvalue weighted by molar-refractivity contribution is -0.118. The Morgan fingerprint density at radius 2 is 2.13 bits per heavy atom. The van der Waals surface area contributed by atoms with Crippen LogP contribution in [0.4, 0.5) is 5.82 Å². The van der Waals surface area contributed by atoms with E-state index in [0.717, 1.165) is 35.7 Å². The second-order valence-electron chi connectivity index (χ2n) is 7.07. The van der Waals surface area contributed by atoms with Crippen molar-refractivity contribution in [2.24, 2.45) is 0 Å². The third-order valence-electron chi connectivity index (χ3n) is 4.94. The van der Waals surface area contributed by atoms with Gasteiger partial charge in [0.05, 0.1) is 24.7 Å². The van der Waals surface area contributed by atoms with Gasteiger partial charge in [-0.15, -0.1) is 10.2 Å². The highest BCUT2D eigenvalue weighted by Crippen LogP contribution is 2.24. The number of hydrogen-bond acceptors (Lipinski definition) is 7. The highest BCUT2D eigenvalue weighted by molar-refractivity contribution is 7.99. The van der Waals surface area contributed by atoms with E-state index in [1.54, 1.807) is 12.5 Å². The fraction of sp³-hybridized carbons (Fsp3) is 0.333. The van der Waals surface area contributed by atoms with E-state index in [1.165, 1.54) is 11.8 Å². The number of aromatic nitrogens is 4. The minimum atomic E-state index is -0.0849. The maximum absolute atomic E-state index is 12.5. The van der Waals surface area contributed by atoms with Gasteiger partial charge >= 0.3 is 0 Å². The Labute approximate surface area is 190 Å². The Bertz CT molecular complexity index is 1050. The second kappa shape index (κ2) is 10.1. The van der Waals surface area contributed by atoms with Crippen molar-refractivity contribution in [1.82, 2.24) is 25.1 Å². The summed E-state index contributed by atoms with van der Waals surface area (Å²) in [6, 6.07) is 9.63. The van der Waals surface area contributed by atoms with Crippen molar-refractivity contribution >= 4 is 35.1 Å². The van der Waals surface area contributed by atoms with Gasteiger partial charge in [-0.3, -0.25) is 9.36 Å². The van der Waals surface area contributed by atoms with Crippen molar-refractivity contribution < 1.29 is 9.53 Å². The molecule has 1 saturated heterocycles. The average Bonchev–Trinajstić information content (AvgIpc) is 3.27. The molecule has 0 radical (unpaired) electrons. The number of halogens is 1. The van der Waals surface area contributed by atoms with Crippen molar-refractivity contribution in [3.8, 4) is 5.69 Å². The average molecular weight is 459 g/mol. The predicted octanol–water partition coefficient (Wildman–Crippen LogP) is 2.87. The zero-order valence-electron chi connectivity index (χ0n) is 17.1. The Morgan fingerprint density at radius 1 is 1.29 bits per heavy atom. The molecule has 10 heteroatoms. The van der Waals surface area contributed by atoms with Crippen molar-refractivity contribution in [3.63, 3.8) is 0 Å². The predicted molar refractivity (Wildman–Crippen MR) is 121 cm³/mol. The zero-order valence-corrected chi connectivity index (χ0v) is 18.7. The molecular weight excluding hydrogens is 436 g/mol. The summed E-state index contributed by atoms with van der Waals surface area (Å²) in [5, 5.41) is 12.4. The molecular formula is C21H23ClN6O2S. The van der Waals surface area contributed by atoms with Crippen LogP contribution in [0, 0.1) is 6.92 Å². The molecule has 0 saturated carbocycles. The molecule has 1 aromatic carbocycles. The second-order valence-corrected chi connectivity index (χ2v) is 8.42. The van der Waals surface area contributed by atoms with E-state index < -0.39 is 0 Å². The third-order valence-corrected chi connectivity index (χ3v) is 6.29. The Morgan fingerprint density at radius 3 is 2.94 bits per heavy atom. The number of hydrogen-bond donors (Lipinski definition) is 1. The number of carbonyl (C=O) groups is 1. The van der Waals surface area contributed by atoms with Gasteiger partial charge in [0.15, 0.2) is 5.16 Å². The largest absolute Gasteiger partial charge is 0.378 e. The van der Waals surface area contributed by atoms with E-state index >= 15 is 0 Å². The first kappa shape index (κ1) is 21.6. The number of ether oxygens (including phenoxy) is 1. The first-order valence-electron chi connectivity index (χ1n) is 9.94. The van der Waals surface area contributed by atoms with Crippen LogP contribution < -0.4 is 10.2 Å². The molecule has 31 heavy (non-hydrogen) atoms. The molecule has 1 aliphatic rings. The molecule has 4 rings (SSSR count). The summed E-state index contributed by atoms with van der Waals surface area (Å²) in [7, 11) is 0. The SMILES string of the molecule is Cc1ccc(-n2cnnc2SCC(=O)NCc2cccnc2N2CCOCC2)cc1Cl. The van der Waals surface area contributed by atoms with E-state index in [9.17, 15) is 4.79 Å². The number of pyridine rings is 1. The van der Waals surface area contributed by atoms with Crippen LogP contribution in [0.2, 0.25) is 5.02 Å². The molecule has 162 valence electrons. The molecule has 0 aliphatic carbocycles. The molecule has 3 aromatic rings. The molecule has 1 aliphatic heterocycles. The Balaban J connectivity index is 1.35. The smallest absolute Gasteiger partial charge is 0.230 e. The number of benzene rings is 1. The van der Waals surface area contributed by atoms with Gasteiger partial charge in [0.1, 0.15) is 12.1 Å². The third kappa shape index (κ3) is 5.36. The van der Waals surface area contributed by atoms with Crippen LogP contribution in [0.1, 0.15) is 11.1 Å². The highest BCUT2D eigenvalue weighted by Gasteiger charge is 2.16. The standard InChI is InChI=1S/C21H23ClN6O2S/c1-15-4-5-17(11-18(15)22)28-14-25-26-21(28)31-13-19(29)24-12-16-3-2-6-23-20(16)27-7-9-30-10-8-27/h2-6,11,14H,7-10,12-13H2,1H3,(H,24,29). The molecule has 1 fully saturated rings. The van der Waals surface area contributed by atoms with E-state index in [4.69, 9.17) is 16.3 Å². The van der Waals surface area contributed by atoms with Gasteiger partial charge in [-0.05, 0) is 30.7 Å².